The van der Waals surface area contributed by atoms with Crippen LogP contribution < -0.4 is 10.1 Å². The van der Waals surface area contributed by atoms with Crippen LogP contribution >= 0.6 is 44.5 Å². The number of nitrogens with one attached hydrogen (secondary N) is 1. The fraction of sp³-hybridized carbons (Fsp3) is 0.222. The molecule has 0 saturated carbocycles. The van der Waals surface area contributed by atoms with Gasteiger partial charge in [-0.05, 0) is 71.4 Å². The Hall–Kier alpha value is -3.02. The van der Waals surface area contributed by atoms with Gasteiger partial charge in [-0.25, -0.2) is 4.79 Å². The van der Waals surface area contributed by atoms with Crippen molar-refractivity contribution in [2.45, 2.75) is 25.6 Å². The summed E-state index contributed by atoms with van der Waals surface area (Å²) in [6.45, 7) is 1.41. The van der Waals surface area contributed by atoms with Gasteiger partial charge in [0.1, 0.15) is 17.6 Å². The van der Waals surface area contributed by atoms with E-state index < -0.39 is 24.3 Å². The summed E-state index contributed by atoms with van der Waals surface area (Å²) < 4.78 is 18.2. The molecule has 11 heteroatoms. The van der Waals surface area contributed by atoms with Crippen molar-refractivity contribution in [2.75, 3.05) is 17.7 Å². The first-order valence-electron chi connectivity index (χ1n) is 11.4. The lowest BCUT2D eigenvalue weighted by Gasteiger charge is -2.29. The molecule has 0 aliphatic heterocycles. The molecular formula is C27H25Br2NO7S. The Morgan fingerprint density at radius 2 is 1.71 bits per heavy atom. The molecule has 3 aromatic rings. The number of aromatic hydroxyl groups is 1. The first-order valence-corrected chi connectivity index (χ1v) is 13.6. The number of para-hydroxylation sites is 1. The van der Waals surface area contributed by atoms with Crippen LogP contribution in [0.25, 0.3) is 0 Å². The predicted molar refractivity (Wildman–Crippen MR) is 153 cm³/mol. The normalized spacial score (nSPS) is 12.2. The van der Waals surface area contributed by atoms with Crippen LogP contribution in [0, 0.1) is 0 Å². The number of ketones is 1. The highest BCUT2D eigenvalue weighted by atomic mass is 79.9. The molecule has 0 aliphatic rings. The fourth-order valence-corrected chi connectivity index (χ4v) is 4.82. The number of amides is 1. The van der Waals surface area contributed by atoms with Crippen molar-refractivity contribution in [3.8, 4) is 11.5 Å². The monoisotopic (exact) mass is 665 g/mol. The molecule has 2 atom stereocenters. The zero-order chi connectivity index (χ0) is 27.7. The topological polar surface area (TPSA) is 111 Å². The largest absolute Gasteiger partial charge is 0.506 e. The van der Waals surface area contributed by atoms with Crippen LogP contribution in [-0.2, 0) is 14.3 Å². The fourth-order valence-electron chi connectivity index (χ4n) is 3.47. The maximum atomic E-state index is 13.0. The molecule has 0 fully saturated rings. The van der Waals surface area contributed by atoms with Crippen molar-refractivity contribution < 1.29 is 33.7 Å². The Bertz CT molecular complexity index is 1270. The number of anilines is 1. The van der Waals surface area contributed by atoms with E-state index in [0.29, 0.717) is 25.9 Å². The van der Waals surface area contributed by atoms with Crippen molar-refractivity contribution >= 4 is 68.0 Å². The Balaban J connectivity index is 1.94. The van der Waals surface area contributed by atoms with Gasteiger partial charge in [-0.1, -0.05) is 34.1 Å². The van der Waals surface area contributed by atoms with Crippen LogP contribution in [0.1, 0.15) is 35.4 Å². The number of benzene rings is 3. The van der Waals surface area contributed by atoms with Crippen molar-refractivity contribution in [3.05, 3.63) is 86.8 Å². The molecule has 0 aliphatic carbocycles. The summed E-state index contributed by atoms with van der Waals surface area (Å²) in [7, 11) is 0. The van der Waals surface area contributed by atoms with Gasteiger partial charge in [0.25, 0.3) is 0 Å². The van der Waals surface area contributed by atoms with Crippen LogP contribution in [-0.4, -0.2) is 41.4 Å². The van der Waals surface area contributed by atoms with E-state index >= 15 is 0 Å². The van der Waals surface area contributed by atoms with Crippen molar-refractivity contribution in [1.82, 2.24) is 0 Å². The highest BCUT2D eigenvalue weighted by molar-refractivity contribution is 9.11. The zero-order valence-corrected chi connectivity index (χ0v) is 24.3. The lowest BCUT2D eigenvalue weighted by molar-refractivity contribution is -0.141. The molecule has 0 saturated heterocycles. The number of halogens is 2. The molecule has 0 unspecified atom stereocenters. The van der Waals surface area contributed by atoms with E-state index in [4.69, 9.17) is 14.2 Å². The first-order chi connectivity index (χ1) is 18.2. The average molecular weight is 667 g/mol. The number of phenols is 1. The lowest BCUT2D eigenvalue weighted by atomic mass is 10.0. The Kier molecular flexibility index (Phi) is 11.1. The molecule has 38 heavy (non-hydrogen) atoms. The minimum Gasteiger partial charge on any atom is -0.506 e. The smallest absolute Gasteiger partial charge is 0.412 e. The first kappa shape index (κ1) is 29.5. The standard InChI is InChI=1S/C27H25Br2NO7S/c1-16(31)17-7-9-19(10-8-17)30-27(34)37-26(21-13-18(28)14-22(29)25(21)33)23(11-12-35-24(32)15-38)36-20-5-3-2-4-6-20/h2-10,13-14,23,26,33,38H,11-12,15H2,1H3,(H,30,34)/t23-,26-/m1/s1. The zero-order valence-electron chi connectivity index (χ0n) is 20.2. The summed E-state index contributed by atoms with van der Waals surface area (Å²) in [4.78, 5) is 36.2. The van der Waals surface area contributed by atoms with Crippen molar-refractivity contribution in [2.24, 2.45) is 0 Å². The summed E-state index contributed by atoms with van der Waals surface area (Å²) in [6.07, 6.45) is -2.70. The Morgan fingerprint density at radius 3 is 2.34 bits per heavy atom. The van der Waals surface area contributed by atoms with E-state index in [-0.39, 0.29) is 35.9 Å². The van der Waals surface area contributed by atoms with Crippen LogP contribution in [0.3, 0.4) is 0 Å². The van der Waals surface area contributed by atoms with E-state index in [1.165, 1.54) is 6.92 Å². The molecule has 0 bridgehead atoms. The molecule has 1 amide bonds. The van der Waals surface area contributed by atoms with Gasteiger partial charge in [0.2, 0.25) is 0 Å². The van der Waals surface area contributed by atoms with Gasteiger partial charge in [-0.15, -0.1) is 0 Å². The second kappa shape index (κ2) is 14.2. The number of hydrogen-bond acceptors (Lipinski definition) is 8. The van der Waals surface area contributed by atoms with Crippen LogP contribution in [0.15, 0.2) is 75.7 Å². The van der Waals surface area contributed by atoms with Gasteiger partial charge in [0, 0.05) is 27.7 Å². The second-order valence-electron chi connectivity index (χ2n) is 8.05. The summed E-state index contributed by atoms with van der Waals surface area (Å²) in [5.41, 5.74) is 1.16. The summed E-state index contributed by atoms with van der Waals surface area (Å²) in [5.74, 6) is -0.362. The molecule has 8 nitrogen and oxygen atoms in total. The molecule has 0 heterocycles. The number of carbonyl (C=O) groups is 3. The maximum absolute atomic E-state index is 13.0. The summed E-state index contributed by atoms with van der Waals surface area (Å²) >= 11 is 10.6. The van der Waals surface area contributed by atoms with E-state index in [2.05, 4.69) is 49.8 Å². The number of carbonyl (C=O) groups excluding carboxylic acids is 3. The third-order valence-electron chi connectivity index (χ3n) is 5.30. The van der Waals surface area contributed by atoms with Gasteiger partial charge in [0.15, 0.2) is 11.9 Å². The third kappa shape index (κ3) is 8.50. The summed E-state index contributed by atoms with van der Waals surface area (Å²) in [5, 5.41) is 13.5. The molecule has 200 valence electrons. The lowest BCUT2D eigenvalue weighted by Crippen LogP contribution is -2.32. The van der Waals surface area contributed by atoms with Crippen LogP contribution in [0.2, 0.25) is 0 Å². The molecule has 2 N–H and O–H groups in total. The third-order valence-corrected chi connectivity index (χ3v) is 6.62. The average Bonchev–Trinajstić information content (AvgIpc) is 2.89. The van der Waals surface area contributed by atoms with Gasteiger partial charge < -0.3 is 19.3 Å². The number of Topliss-reactive ketones (excluding diaryl/α,β-unsaturated/α-hetero) is 1. The molecule has 3 rings (SSSR count). The summed E-state index contributed by atoms with van der Waals surface area (Å²) in [6, 6.07) is 18.5. The predicted octanol–water partition coefficient (Wildman–Crippen LogP) is 6.72. The molecule has 0 radical (unpaired) electrons. The number of rotatable bonds is 11. The van der Waals surface area contributed by atoms with E-state index in [1.54, 1.807) is 60.7 Å². The highest BCUT2D eigenvalue weighted by Gasteiger charge is 2.33. The number of esters is 1. The molecule has 3 aromatic carbocycles. The van der Waals surface area contributed by atoms with E-state index in [0.717, 1.165) is 0 Å². The number of hydrogen-bond donors (Lipinski definition) is 3. The number of phenolic OH excluding ortho intramolecular Hbond substituents is 1. The Labute approximate surface area is 242 Å². The van der Waals surface area contributed by atoms with Gasteiger partial charge in [-0.3, -0.25) is 14.9 Å². The Morgan fingerprint density at radius 1 is 1.03 bits per heavy atom. The maximum Gasteiger partial charge on any atom is 0.412 e. The SMILES string of the molecule is CC(=O)c1ccc(NC(=O)O[C@H](c2cc(Br)cc(Br)c2O)[C@@H](CCOC(=O)CS)Oc2ccccc2)cc1. The number of ether oxygens (including phenoxy) is 3. The minimum absolute atomic E-state index is 0.0409. The second-order valence-corrected chi connectivity index (χ2v) is 10.1. The van der Waals surface area contributed by atoms with Gasteiger partial charge in [0.05, 0.1) is 16.8 Å². The molecule has 0 aromatic heterocycles. The van der Waals surface area contributed by atoms with E-state index in [1.807, 2.05) is 6.07 Å². The quantitative estimate of drug-likeness (QED) is 0.118. The van der Waals surface area contributed by atoms with Gasteiger partial charge >= 0.3 is 12.1 Å². The molecular weight excluding hydrogens is 642 g/mol. The minimum atomic E-state index is -1.13. The van der Waals surface area contributed by atoms with Crippen molar-refractivity contribution in [1.29, 1.82) is 0 Å². The highest BCUT2D eigenvalue weighted by Crippen LogP contribution is 2.39. The van der Waals surface area contributed by atoms with Gasteiger partial charge in [-0.2, -0.15) is 12.6 Å². The molecule has 0 spiro atoms. The number of thiol groups is 1. The van der Waals surface area contributed by atoms with Crippen molar-refractivity contribution in [3.63, 3.8) is 0 Å². The van der Waals surface area contributed by atoms with E-state index in [9.17, 15) is 19.5 Å². The van der Waals surface area contributed by atoms with Crippen LogP contribution in [0.5, 0.6) is 11.5 Å². The van der Waals surface area contributed by atoms with Crippen LogP contribution in [0.4, 0.5) is 10.5 Å².